The number of rotatable bonds is 8. The lowest BCUT2D eigenvalue weighted by Crippen LogP contribution is -2.36. The SMILES string of the molecule is CCCC(CC(=O)O)NS(=O)(=O)c1cnc(CC)[nH]1. The first-order chi connectivity index (χ1) is 8.89. The number of nitrogens with one attached hydrogen (secondary N) is 2. The van der Waals surface area contributed by atoms with Gasteiger partial charge in [-0.2, -0.15) is 0 Å². The maximum absolute atomic E-state index is 12.1. The lowest BCUT2D eigenvalue weighted by atomic mass is 10.1. The molecular weight excluding hydrogens is 270 g/mol. The predicted molar refractivity (Wildman–Crippen MR) is 69.2 cm³/mol. The first-order valence-electron chi connectivity index (χ1n) is 6.17. The molecule has 0 spiro atoms. The van der Waals surface area contributed by atoms with Crippen LogP contribution in [0, 0.1) is 0 Å². The number of hydrogen-bond acceptors (Lipinski definition) is 4. The Balaban J connectivity index is 2.83. The third kappa shape index (κ3) is 4.64. The van der Waals surface area contributed by atoms with Crippen LogP contribution in [0.2, 0.25) is 0 Å². The number of aromatic amines is 1. The van der Waals surface area contributed by atoms with Gasteiger partial charge in [0.25, 0.3) is 10.0 Å². The van der Waals surface area contributed by atoms with Crippen LogP contribution in [0.25, 0.3) is 0 Å². The van der Waals surface area contributed by atoms with Crippen molar-refractivity contribution in [2.45, 2.75) is 50.6 Å². The minimum Gasteiger partial charge on any atom is -0.481 e. The van der Waals surface area contributed by atoms with Crippen molar-refractivity contribution >= 4 is 16.0 Å². The average molecular weight is 289 g/mol. The molecule has 8 heteroatoms. The van der Waals surface area contributed by atoms with Gasteiger partial charge in [0.05, 0.1) is 12.6 Å². The Hall–Kier alpha value is -1.41. The number of aryl methyl sites for hydroxylation is 1. The summed E-state index contributed by atoms with van der Waals surface area (Å²) in [6.45, 7) is 3.72. The molecule has 0 radical (unpaired) electrons. The number of H-pyrrole nitrogens is 1. The van der Waals surface area contributed by atoms with E-state index in [1.54, 1.807) is 0 Å². The summed E-state index contributed by atoms with van der Waals surface area (Å²) in [5.41, 5.74) is 0. The Morgan fingerprint density at radius 1 is 1.53 bits per heavy atom. The van der Waals surface area contributed by atoms with Gasteiger partial charge in [-0.05, 0) is 6.42 Å². The molecule has 1 aromatic heterocycles. The summed E-state index contributed by atoms with van der Waals surface area (Å²) in [6.07, 6.45) is 2.78. The van der Waals surface area contributed by atoms with Crippen LogP contribution in [0.1, 0.15) is 38.9 Å². The Kier molecular flexibility index (Phi) is 5.49. The number of aliphatic carboxylic acids is 1. The highest BCUT2D eigenvalue weighted by atomic mass is 32.2. The Morgan fingerprint density at radius 3 is 2.68 bits per heavy atom. The average Bonchev–Trinajstić information content (AvgIpc) is 2.77. The van der Waals surface area contributed by atoms with Crippen LogP contribution in [0.3, 0.4) is 0 Å². The molecule has 0 saturated heterocycles. The molecule has 3 N–H and O–H groups in total. The summed E-state index contributed by atoms with van der Waals surface area (Å²) in [6, 6.07) is -0.610. The normalized spacial score (nSPS) is 13.4. The van der Waals surface area contributed by atoms with E-state index in [2.05, 4.69) is 14.7 Å². The van der Waals surface area contributed by atoms with E-state index in [1.165, 1.54) is 6.20 Å². The molecule has 1 rings (SSSR count). The van der Waals surface area contributed by atoms with Crippen LogP contribution in [0.15, 0.2) is 11.2 Å². The minimum atomic E-state index is -3.75. The summed E-state index contributed by atoms with van der Waals surface area (Å²) in [5, 5.41) is 8.73. The highest BCUT2D eigenvalue weighted by Crippen LogP contribution is 2.10. The highest BCUT2D eigenvalue weighted by Gasteiger charge is 2.23. The molecule has 0 aliphatic rings. The largest absolute Gasteiger partial charge is 0.481 e. The molecular formula is C11H19N3O4S. The number of carboxylic acids is 1. The number of carbonyl (C=O) groups is 1. The Morgan fingerprint density at radius 2 is 2.21 bits per heavy atom. The predicted octanol–water partition coefficient (Wildman–Crippen LogP) is 0.894. The number of nitrogens with zero attached hydrogens (tertiary/aromatic N) is 1. The second-order valence-electron chi connectivity index (χ2n) is 4.25. The van der Waals surface area contributed by atoms with E-state index in [4.69, 9.17) is 5.11 Å². The molecule has 7 nitrogen and oxygen atoms in total. The van der Waals surface area contributed by atoms with Gasteiger partial charge in [0, 0.05) is 12.5 Å². The molecule has 0 amide bonds. The zero-order chi connectivity index (χ0) is 14.5. The van der Waals surface area contributed by atoms with E-state index in [9.17, 15) is 13.2 Å². The van der Waals surface area contributed by atoms with Crippen LogP contribution in [0.4, 0.5) is 0 Å². The van der Waals surface area contributed by atoms with Crippen LogP contribution in [-0.4, -0.2) is 35.5 Å². The van der Waals surface area contributed by atoms with E-state index in [-0.39, 0.29) is 11.4 Å². The molecule has 0 fully saturated rings. The molecule has 19 heavy (non-hydrogen) atoms. The van der Waals surface area contributed by atoms with E-state index in [1.807, 2.05) is 13.8 Å². The smallest absolute Gasteiger partial charge is 0.304 e. The molecule has 108 valence electrons. The summed E-state index contributed by atoms with van der Waals surface area (Å²) in [7, 11) is -3.75. The number of aromatic nitrogens is 2. The number of hydrogen-bond donors (Lipinski definition) is 3. The maximum Gasteiger partial charge on any atom is 0.304 e. The van der Waals surface area contributed by atoms with Crippen molar-refractivity contribution in [3.05, 3.63) is 12.0 Å². The van der Waals surface area contributed by atoms with E-state index >= 15 is 0 Å². The standard InChI is InChI=1S/C11H19N3O4S/c1-3-5-8(6-11(15)16)14-19(17,18)10-7-12-9(4-2)13-10/h7-8,14H,3-6H2,1-2H3,(H,12,13)(H,15,16). The van der Waals surface area contributed by atoms with Gasteiger partial charge in [-0.1, -0.05) is 20.3 Å². The van der Waals surface area contributed by atoms with Crippen molar-refractivity contribution in [1.82, 2.24) is 14.7 Å². The first kappa shape index (κ1) is 15.6. The van der Waals surface area contributed by atoms with Crippen molar-refractivity contribution < 1.29 is 18.3 Å². The zero-order valence-electron chi connectivity index (χ0n) is 11.0. The summed E-state index contributed by atoms with van der Waals surface area (Å²) in [5.74, 6) is -0.453. The second kappa shape index (κ2) is 6.67. The number of carboxylic acid groups (broad SMARTS) is 1. The maximum atomic E-state index is 12.1. The van der Waals surface area contributed by atoms with E-state index in [0.29, 0.717) is 25.1 Å². The lowest BCUT2D eigenvalue weighted by Gasteiger charge is -2.15. The molecule has 0 aromatic carbocycles. The third-order valence-corrected chi connectivity index (χ3v) is 4.04. The molecule has 0 aliphatic carbocycles. The molecule has 1 atom stereocenters. The van der Waals surface area contributed by atoms with Crippen molar-refractivity contribution in [2.75, 3.05) is 0 Å². The van der Waals surface area contributed by atoms with Gasteiger partial charge in [-0.15, -0.1) is 0 Å². The fraction of sp³-hybridized carbons (Fsp3) is 0.636. The van der Waals surface area contributed by atoms with Crippen LogP contribution < -0.4 is 4.72 Å². The van der Waals surface area contributed by atoms with E-state index < -0.39 is 22.0 Å². The lowest BCUT2D eigenvalue weighted by molar-refractivity contribution is -0.137. The molecule has 0 bridgehead atoms. The van der Waals surface area contributed by atoms with Gasteiger partial charge in [-0.3, -0.25) is 4.79 Å². The van der Waals surface area contributed by atoms with Gasteiger partial charge >= 0.3 is 5.97 Å². The second-order valence-corrected chi connectivity index (χ2v) is 5.93. The quantitative estimate of drug-likeness (QED) is 0.658. The monoisotopic (exact) mass is 289 g/mol. The third-order valence-electron chi connectivity index (χ3n) is 2.61. The van der Waals surface area contributed by atoms with Gasteiger partial charge < -0.3 is 10.1 Å². The topological polar surface area (TPSA) is 112 Å². The molecule has 1 heterocycles. The highest BCUT2D eigenvalue weighted by molar-refractivity contribution is 7.89. The van der Waals surface area contributed by atoms with Gasteiger partial charge in [0.2, 0.25) is 0 Å². The van der Waals surface area contributed by atoms with Crippen LogP contribution in [0.5, 0.6) is 0 Å². The van der Waals surface area contributed by atoms with Crippen molar-refractivity contribution in [3.63, 3.8) is 0 Å². The van der Waals surface area contributed by atoms with Crippen molar-refractivity contribution in [1.29, 1.82) is 0 Å². The van der Waals surface area contributed by atoms with Crippen LogP contribution >= 0.6 is 0 Å². The van der Waals surface area contributed by atoms with Gasteiger partial charge in [0.1, 0.15) is 5.82 Å². The molecule has 0 aliphatic heterocycles. The van der Waals surface area contributed by atoms with Crippen molar-refractivity contribution in [2.24, 2.45) is 0 Å². The fourth-order valence-electron chi connectivity index (χ4n) is 1.70. The van der Waals surface area contributed by atoms with Crippen molar-refractivity contribution in [3.8, 4) is 0 Å². The van der Waals surface area contributed by atoms with Gasteiger partial charge in [-0.25, -0.2) is 18.1 Å². The zero-order valence-corrected chi connectivity index (χ0v) is 11.8. The van der Waals surface area contributed by atoms with E-state index in [0.717, 1.165) is 0 Å². The molecule has 1 aromatic rings. The first-order valence-corrected chi connectivity index (χ1v) is 7.65. The fourth-order valence-corrected chi connectivity index (χ4v) is 2.91. The van der Waals surface area contributed by atoms with Crippen LogP contribution in [-0.2, 0) is 21.2 Å². The van der Waals surface area contributed by atoms with Gasteiger partial charge in [0.15, 0.2) is 5.03 Å². The summed E-state index contributed by atoms with van der Waals surface area (Å²) < 4.78 is 26.5. The number of sulfonamides is 1. The Bertz CT molecular complexity index is 524. The molecule has 1 unspecified atom stereocenters. The summed E-state index contributed by atoms with van der Waals surface area (Å²) in [4.78, 5) is 17.3. The molecule has 0 saturated carbocycles. The summed E-state index contributed by atoms with van der Waals surface area (Å²) >= 11 is 0. The number of imidazole rings is 1. The Labute approximate surface area is 112 Å². The minimum absolute atomic E-state index is 0.0316.